The van der Waals surface area contributed by atoms with Crippen LogP contribution in [0.1, 0.15) is 38.7 Å². The highest BCUT2D eigenvalue weighted by Gasteiger charge is 2.20. The highest BCUT2D eigenvalue weighted by Crippen LogP contribution is 2.31. The molecule has 6 nitrogen and oxygen atoms in total. The summed E-state index contributed by atoms with van der Waals surface area (Å²) in [4.78, 5) is 2.29. The second-order valence-corrected chi connectivity index (χ2v) is 6.67. The summed E-state index contributed by atoms with van der Waals surface area (Å²) in [5, 5.41) is 23.5. The standard InChI is InChI=1S/C17H22N4O2/c1-17(2,22)12-23-14-8-15(20-6-4-3-5-7-20)16-13(9-18)10-19-21(16)11-14/h8,10-11,22H,3-7,12H2,1-2H3. The van der Waals surface area contributed by atoms with E-state index in [9.17, 15) is 10.4 Å². The van der Waals surface area contributed by atoms with Crippen molar-refractivity contribution in [3.63, 3.8) is 0 Å². The minimum atomic E-state index is -0.901. The van der Waals surface area contributed by atoms with Crippen LogP contribution in [0.2, 0.25) is 0 Å². The van der Waals surface area contributed by atoms with Gasteiger partial charge >= 0.3 is 0 Å². The Hall–Kier alpha value is -2.26. The van der Waals surface area contributed by atoms with E-state index in [-0.39, 0.29) is 6.61 Å². The maximum absolute atomic E-state index is 9.85. The molecule has 3 heterocycles. The second-order valence-electron chi connectivity index (χ2n) is 6.67. The second kappa shape index (κ2) is 6.09. The van der Waals surface area contributed by atoms with Crippen LogP contribution >= 0.6 is 0 Å². The lowest BCUT2D eigenvalue weighted by Crippen LogP contribution is -2.30. The van der Waals surface area contributed by atoms with E-state index in [1.165, 1.54) is 6.42 Å². The van der Waals surface area contributed by atoms with Crippen LogP contribution in [0.4, 0.5) is 5.69 Å². The van der Waals surface area contributed by atoms with Crippen molar-refractivity contribution in [3.8, 4) is 11.8 Å². The molecule has 6 heteroatoms. The topological polar surface area (TPSA) is 73.8 Å². The summed E-state index contributed by atoms with van der Waals surface area (Å²) < 4.78 is 7.43. The molecule has 1 fully saturated rings. The first kappa shape index (κ1) is 15.6. The zero-order chi connectivity index (χ0) is 16.4. The number of piperidine rings is 1. The number of hydrogen-bond donors (Lipinski definition) is 1. The number of pyridine rings is 1. The molecule has 1 N–H and O–H groups in total. The van der Waals surface area contributed by atoms with Gasteiger partial charge in [0.25, 0.3) is 0 Å². The number of nitriles is 1. The van der Waals surface area contributed by atoms with Gasteiger partial charge in [0.15, 0.2) is 0 Å². The number of ether oxygens (including phenoxy) is 1. The fraction of sp³-hybridized carbons (Fsp3) is 0.529. The van der Waals surface area contributed by atoms with Crippen LogP contribution in [-0.2, 0) is 0 Å². The molecule has 0 radical (unpaired) electrons. The lowest BCUT2D eigenvalue weighted by molar-refractivity contribution is 0.0283. The zero-order valence-electron chi connectivity index (χ0n) is 13.6. The number of aromatic nitrogens is 2. The van der Waals surface area contributed by atoms with E-state index < -0.39 is 5.60 Å². The highest BCUT2D eigenvalue weighted by atomic mass is 16.5. The fourth-order valence-electron chi connectivity index (χ4n) is 2.87. The molecule has 1 aliphatic heterocycles. The number of hydrogen-bond acceptors (Lipinski definition) is 5. The van der Waals surface area contributed by atoms with Gasteiger partial charge in [-0.25, -0.2) is 4.52 Å². The van der Waals surface area contributed by atoms with Crippen molar-refractivity contribution < 1.29 is 9.84 Å². The molecule has 0 aliphatic carbocycles. The van der Waals surface area contributed by atoms with E-state index in [2.05, 4.69) is 16.1 Å². The van der Waals surface area contributed by atoms with Gasteiger partial charge in [-0.3, -0.25) is 0 Å². The average Bonchev–Trinajstić information content (AvgIpc) is 2.95. The van der Waals surface area contributed by atoms with Crippen molar-refractivity contribution in [3.05, 3.63) is 24.0 Å². The molecule has 2 aromatic heterocycles. The minimum Gasteiger partial charge on any atom is -0.489 e. The number of rotatable bonds is 4. The van der Waals surface area contributed by atoms with Crippen molar-refractivity contribution in [1.82, 2.24) is 9.61 Å². The van der Waals surface area contributed by atoms with Crippen LogP contribution in [0.3, 0.4) is 0 Å². The molecule has 3 rings (SSSR count). The third-order valence-electron chi connectivity index (χ3n) is 3.98. The van der Waals surface area contributed by atoms with Crippen molar-refractivity contribution in [2.24, 2.45) is 0 Å². The summed E-state index contributed by atoms with van der Waals surface area (Å²) in [5.74, 6) is 0.646. The molecule has 0 spiro atoms. The third kappa shape index (κ3) is 3.40. The average molecular weight is 314 g/mol. The Morgan fingerprint density at radius 3 is 2.74 bits per heavy atom. The molecule has 122 valence electrons. The van der Waals surface area contributed by atoms with E-state index in [4.69, 9.17) is 4.74 Å². The Kier molecular flexibility index (Phi) is 4.14. The Morgan fingerprint density at radius 1 is 1.35 bits per heavy atom. The molecule has 23 heavy (non-hydrogen) atoms. The van der Waals surface area contributed by atoms with Gasteiger partial charge in [-0.15, -0.1) is 0 Å². The number of aliphatic hydroxyl groups is 1. The maximum Gasteiger partial charge on any atom is 0.139 e. The van der Waals surface area contributed by atoms with Crippen LogP contribution < -0.4 is 9.64 Å². The molecular formula is C17H22N4O2. The number of nitrogens with zero attached hydrogens (tertiary/aromatic N) is 4. The Morgan fingerprint density at radius 2 is 2.09 bits per heavy atom. The first-order valence-corrected chi connectivity index (χ1v) is 7.99. The van der Waals surface area contributed by atoms with Gasteiger partial charge in [0.1, 0.15) is 23.9 Å². The fourth-order valence-corrected chi connectivity index (χ4v) is 2.87. The summed E-state index contributed by atoms with van der Waals surface area (Å²) in [6.45, 7) is 5.56. The van der Waals surface area contributed by atoms with E-state index in [0.717, 1.165) is 37.1 Å². The SMILES string of the molecule is CC(C)(O)COc1cc(N2CCCCC2)c2c(C#N)cnn2c1. The van der Waals surface area contributed by atoms with E-state index >= 15 is 0 Å². The Bertz CT molecular complexity index is 733. The third-order valence-corrected chi connectivity index (χ3v) is 3.98. The zero-order valence-corrected chi connectivity index (χ0v) is 13.6. The van der Waals surface area contributed by atoms with Crippen molar-refractivity contribution >= 4 is 11.2 Å². The summed E-state index contributed by atoms with van der Waals surface area (Å²) in [6.07, 6.45) is 6.89. The molecule has 0 amide bonds. The predicted molar refractivity (Wildman–Crippen MR) is 87.8 cm³/mol. The van der Waals surface area contributed by atoms with Crippen LogP contribution in [0.15, 0.2) is 18.5 Å². The van der Waals surface area contributed by atoms with Crippen LogP contribution in [-0.4, -0.2) is 40.0 Å². The first-order chi connectivity index (χ1) is 11.0. The minimum absolute atomic E-state index is 0.199. The van der Waals surface area contributed by atoms with Gasteiger partial charge < -0.3 is 14.7 Å². The lowest BCUT2D eigenvalue weighted by Gasteiger charge is -2.30. The van der Waals surface area contributed by atoms with Crippen molar-refractivity contribution in [1.29, 1.82) is 5.26 Å². The van der Waals surface area contributed by atoms with Crippen molar-refractivity contribution in [2.75, 3.05) is 24.6 Å². The van der Waals surface area contributed by atoms with E-state index in [0.29, 0.717) is 11.3 Å². The maximum atomic E-state index is 9.85. The summed E-state index contributed by atoms with van der Waals surface area (Å²) in [6, 6.07) is 4.17. The van der Waals surface area contributed by atoms with Gasteiger partial charge in [0, 0.05) is 19.2 Å². The van der Waals surface area contributed by atoms with Gasteiger partial charge in [0.2, 0.25) is 0 Å². The van der Waals surface area contributed by atoms with Gasteiger partial charge in [-0.2, -0.15) is 10.4 Å². The van der Waals surface area contributed by atoms with Crippen LogP contribution in [0.5, 0.6) is 5.75 Å². The molecule has 2 aromatic rings. The van der Waals surface area contributed by atoms with Crippen molar-refractivity contribution in [2.45, 2.75) is 38.7 Å². The molecule has 0 atom stereocenters. The summed E-state index contributed by atoms with van der Waals surface area (Å²) in [7, 11) is 0. The molecule has 0 bridgehead atoms. The number of fused-ring (bicyclic) bond motifs is 1. The molecule has 0 aromatic carbocycles. The summed E-state index contributed by atoms with van der Waals surface area (Å²) >= 11 is 0. The number of anilines is 1. The molecule has 0 saturated carbocycles. The first-order valence-electron chi connectivity index (χ1n) is 7.99. The Balaban J connectivity index is 2.02. The highest BCUT2D eigenvalue weighted by molar-refractivity contribution is 5.80. The monoisotopic (exact) mass is 314 g/mol. The quantitative estimate of drug-likeness (QED) is 0.937. The van der Waals surface area contributed by atoms with Gasteiger partial charge in [0.05, 0.1) is 29.2 Å². The molecule has 1 aliphatic rings. The van der Waals surface area contributed by atoms with Crippen LogP contribution in [0, 0.1) is 11.3 Å². The largest absolute Gasteiger partial charge is 0.489 e. The van der Waals surface area contributed by atoms with Crippen LogP contribution in [0.25, 0.3) is 5.52 Å². The predicted octanol–water partition coefficient (Wildman–Crippen LogP) is 2.35. The molecule has 0 unspecified atom stereocenters. The normalized spacial score (nSPS) is 15.7. The van der Waals surface area contributed by atoms with Gasteiger partial charge in [-0.05, 0) is 33.1 Å². The molecular weight excluding hydrogens is 292 g/mol. The van der Waals surface area contributed by atoms with E-state index in [1.54, 1.807) is 30.8 Å². The lowest BCUT2D eigenvalue weighted by atomic mass is 10.1. The smallest absolute Gasteiger partial charge is 0.139 e. The van der Waals surface area contributed by atoms with Gasteiger partial charge in [-0.1, -0.05) is 0 Å². The summed E-state index contributed by atoms with van der Waals surface area (Å²) in [5.41, 5.74) is 1.47. The molecule has 1 saturated heterocycles. The van der Waals surface area contributed by atoms with E-state index in [1.807, 2.05) is 6.07 Å². The Labute approximate surface area is 135 Å².